The number of nitrogen functional groups attached to an aromatic ring is 1. The Morgan fingerprint density at radius 1 is 1.25 bits per heavy atom. The van der Waals surface area contributed by atoms with Gasteiger partial charge in [0.15, 0.2) is 0 Å². The molecule has 2 N–H and O–H groups in total. The number of halogens is 2. The quantitative estimate of drug-likeness (QED) is 0.791. The van der Waals surface area contributed by atoms with Crippen molar-refractivity contribution in [3.8, 4) is 0 Å². The lowest BCUT2D eigenvalue weighted by Crippen LogP contribution is -2.04. The van der Waals surface area contributed by atoms with Gasteiger partial charge in [-0.2, -0.15) is 5.10 Å². The molecular weight excluding hydrogens is 297 g/mol. The number of aromatic nitrogens is 4. The Bertz CT molecular complexity index is 803. The fourth-order valence-corrected chi connectivity index (χ4v) is 2.59. The minimum atomic E-state index is 0.432. The number of nitrogens with two attached hydrogens (primary N) is 1. The fourth-order valence-electron chi connectivity index (χ4n) is 2.28. The van der Waals surface area contributed by atoms with Crippen LogP contribution in [0.2, 0.25) is 10.0 Å². The van der Waals surface area contributed by atoms with Crippen LogP contribution in [-0.2, 0) is 13.6 Å². The average molecular weight is 310 g/mol. The summed E-state index contributed by atoms with van der Waals surface area (Å²) in [5.41, 5.74) is 9.65. The number of anilines is 1. The third-order valence-corrected chi connectivity index (χ3v) is 3.99. The molecule has 104 valence electrons. The van der Waals surface area contributed by atoms with Crippen molar-refractivity contribution in [3.63, 3.8) is 0 Å². The molecule has 5 nitrogen and oxygen atoms in total. The molecule has 0 amide bonds. The second-order valence-corrected chi connectivity index (χ2v) is 5.54. The lowest BCUT2D eigenvalue weighted by atomic mass is 10.2. The second kappa shape index (κ2) is 4.68. The minimum Gasteiger partial charge on any atom is -0.369 e. The highest BCUT2D eigenvalue weighted by Crippen LogP contribution is 2.29. The van der Waals surface area contributed by atoms with Gasteiger partial charge in [0.2, 0.25) is 5.95 Å². The molecule has 0 aliphatic rings. The Hall–Kier alpha value is -1.72. The van der Waals surface area contributed by atoms with E-state index in [1.165, 1.54) is 0 Å². The smallest absolute Gasteiger partial charge is 0.201 e. The Morgan fingerprint density at radius 3 is 2.60 bits per heavy atom. The Balaban J connectivity index is 2.13. The Kier molecular flexibility index (Phi) is 3.11. The van der Waals surface area contributed by atoms with E-state index >= 15 is 0 Å². The maximum absolute atomic E-state index is 6.08. The van der Waals surface area contributed by atoms with Gasteiger partial charge in [0.25, 0.3) is 0 Å². The van der Waals surface area contributed by atoms with Crippen LogP contribution in [0.1, 0.15) is 11.3 Å². The predicted molar refractivity (Wildman–Crippen MR) is 81.2 cm³/mol. The van der Waals surface area contributed by atoms with Crippen LogP contribution in [0.4, 0.5) is 5.95 Å². The molecule has 0 aliphatic heterocycles. The highest BCUT2D eigenvalue weighted by atomic mass is 35.5. The summed E-state index contributed by atoms with van der Waals surface area (Å²) in [7, 11) is 1.89. The highest BCUT2D eigenvalue weighted by Gasteiger charge is 2.13. The SMILES string of the molecule is Cc1nn(C)cc1Cn1c(N)nc2cc(Cl)c(Cl)cc21. The number of rotatable bonds is 2. The first-order valence-electron chi connectivity index (χ1n) is 6.05. The minimum absolute atomic E-state index is 0.432. The summed E-state index contributed by atoms with van der Waals surface area (Å²) in [6.07, 6.45) is 1.97. The van der Waals surface area contributed by atoms with Crippen LogP contribution < -0.4 is 5.73 Å². The number of nitrogens with zero attached hydrogens (tertiary/aromatic N) is 4. The molecule has 0 bridgehead atoms. The molecule has 0 unspecified atom stereocenters. The summed E-state index contributed by atoms with van der Waals surface area (Å²) in [6, 6.07) is 3.51. The van der Waals surface area contributed by atoms with E-state index in [9.17, 15) is 0 Å². The van der Waals surface area contributed by atoms with Gasteiger partial charge in [-0.25, -0.2) is 4.98 Å². The summed E-state index contributed by atoms with van der Waals surface area (Å²) in [5, 5.41) is 5.29. The van der Waals surface area contributed by atoms with Gasteiger partial charge in [-0.15, -0.1) is 0 Å². The van der Waals surface area contributed by atoms with E-state index in [0.717, 1.165) is 22.3 Å². The molecule has 3 aromatic rings. The van der Waals surface area contributed by atoms with E-state index in [1.807, 2.05) is 24.7 Å². The zero-order valence-corrected chi connectivity index (χ0v) is 12.6. The number of hydrogen-bond acceptors (Lipinski definition) is 3. The van der Waals surface area contributed by atoms with Gasteiger partial charge >= 0.3 is 0 Å². The van der Waals surface area contributed by atoms with Crippen molar-refractivity contribution in [3.05, 3.63) is 39.6 Å². The fraction of sp³-hybridized carbons (Fsp3) is 0.231. The van der Waals surface area contributed by atoms with Crippen LogP contribution in [0, 0.1) is 6.92 Å². The van der Waals surface area contributed by atoms with Gasteiger partial charge in [0.05, 0.1) is 33.3 Å². The average Bonchev–Trinajstić information content (AvgIpc) is 2.83. The van der Waals surface area contributed by atoms with Gasteiger partial charge < -0.3 is 10.3 Å². The molecule has 0 radical (unpaired) electrons. The molecular formula is C13H13Cl2N5. The second-order valence-electron chi connectivity index (χ2n) is 4.72. The summed E-state index contributed by atoms with van der Waals surface area (Å²) in [4.78, 5) is 4.32. The lowest BCUT2D eigenvalue weighted by molar-refractivity contribution is 0.756. The van der Waals surface area contributed by atoms with E-state index < -0.39 is 0 Å². The van der Waals surface area contributed by atoms with Crippen molar-refractivity contribution < 1.29 is 0 Å². The van der Waals surface area contributed by atoms with Crippen molar-refractivity contribution in [2.45, 2.75) is 13.5 Å². The van der Waals surface area contributed by atoms with Gasteiger partial charge in [-0.05, 0) is 19.1 Å². The lowest BCUT2D eigenvalue weighted by Gasteiger charge is -2.06. The van der Waals surface area contributed by atoms with Gasteiger partial charge in [0.1, 0.15) is 0 Å². The third-order valence-electron chi connectivity index (χ3n) is 3.26. The molecule has 3 rings (SSSR count). The molecule has 2 heterocycles. The van der Waals surface area contributed by atoms with Crippen molar-refractivity contribution in [1.82, 2.24) is 19.3 Å². The van der Waals surface area contributed by atoms with Crippen molar-refractivity contribution in [1.29, 1.82) is 0 Å². The van der Waals surface area contributed by atoms with Crippen LogP contribution in [0.3, 0.4) is 0 Å². The van der Waals surface area contributed by atoms with E-state index in [-0.39, 0.29) is 0 Å². The number of benzene rings is 1. The summed E-state index contributed by atoms with van der Waals surface area (Å²) in [5.74, 6) is 0.432. The Morgan fingerprint density at radius 2 is 1.95 bits per heavy atom. The van der Waals surface area contributed by atoms with Crippen molar-refractivity contribution in [2.24, 2.45) is 7.05 Å². The van der Waals surface area contributed by atoms with Crippen molar-refractivity contribution >= 4 is 40.2 Å². The Labute approximate surface area is 125 Å². The standard InChI is InChI=1S/C13H13Cl2N5/c1-7-8(5-19(2)18-7)6-20-12-4-10(15)9(14)3-11(12)17-13(20)16/h3-5H,6H2,1-2H3,(H2,16,17). The summed E-state index contributed by atoms with van der Waals surface area (Å²) < 4.78 is 3.69. The van der Waals surface area contributed by atoms with Crippen LogP contribution in [0.25, 0.3) is 11.0 Å². The third kappa shape index (κ3) is 2.13. The molecule has 0 fully saturated rings. The molecule has 20 heavy (non-hydrogen) atoms. The van der Waals surface area contributed by atoms with Crippen molar-refractivity contribution in [2.75, 3.05) is 5.73 Å². The zero-order valence-electron chi connectivity index (χ0n) is 11.1. The van der Waals surface area contributed by atoms with Gasteiger partial charge in [-0.1, -0.05) is 23.2 Å². The molecule has 2 aromatic heterocycles. The first-order chi connectivity index (χ1) is 9.45. The number of imidazole rings is 1. The van der Waals surface area contributed by atoms with Gasteiger partial charge in [0, 0.05) is 18.8 Å². The molecule has 0 saturated heterocycles. The number of hydrogen-bond donors (Lipinski definition) is 1. The summed E-state index contributed by atoms with van der Waals surface area (Å²) in [6.45, 7) is 2.56. The predicted octanol–water partition coefficient (Wildman–Crippen LogP) is 3.02. The van der Waals surface area contributed by atoms with E-state index in [1.54, 1.807) is 16.8 Å². The number of aryl methyl sites for hydroxylation is 2. The highest BCUT2D eigenvalue weighted by molar-refractivity contribution is 6.42. The van der Waals surface area contributed by atoms with Gasteiger partial charge in [-0.3, -0.25) is 4.68 Å². The molecule has 7 heteroatoms. The maximum Gasteiger partial charge on any atom is 0.201 e. The zero-order chi connectivity index (χ0) is 14.4. The maximum atomic E-state index is 6.08. The van der Waals surface area contributed by atoms with Crippen LogP contribution in [0.5, 0.6) is 0 Å². The number of fused-ring (bicyclic) bond motifs is 1. The molecule has 0 aliphatic carbocycles. The van der Waals surface area contributed by atoms with Crippen LogP contribution >= 0.6 is 23.2 Å². The molecule has 0 saturated carbocycles. The first-order valence-corrected chi connectivity index (χ1v) is 6.81. The largest absolute Gasteiger partial charge is 0.369 e. The van der Waals surface area contributed by atoms with E-state index in [0.29, 0.717) is 22.5 Å². The van der Waals surface area contributed by atoms with Crippen LogP contribution in [0.15, 0.2) is 18.3 Å². The summed E-state index contributed by atoms with van der Waals surface area (Å²) >= 11 is 12.1. The van der Waals surface area contributed by atoms with E-state index in [4.69, 9.17) is 28.9 Å². The monoisotopic (exact) mass is 309 g/mol. The first kappa shape index (κ1) is 13.3. The topological polar surface area (TPSA) is 61.7 Å². The normalized spacial score (nSPS) is 11.4. The molecule has 1 aromatic carbocycles. The molecule has 0 atom stereocenters. The van der Waals surface area contributed by atoms with Crippen LogP contribution in [-0.4, -0.2) is 19.3 Å². The molecule has 0 spiro atoms. The van der Waals surface area contributed by atoms with E-state index in [2.05, 4.69) is 10.1 Å².